The van der Waals surface area contributed by atoms with Crippen molar-refractivity contribution in [2.75, 3.05) is 44.9 Å². The highest BCUT2D eigenvalue weighted by molar-refractivity contribution is 7.91. The zero-order valence-electron chi connectivity index (χ0n) is 18.7. The first-order valence-electron chi connectivity index (χ1n) is 10.1. The van der Waals surface area contributed by atoms with Crippen molar-refractivity contribution in [1.82, 2.24) is 9.88 Å². The second kappa shape index (κ2) is 12.0. The second-order valence-corrected chi connectivity index (χ2v) is 11.1. The molecule has 0 bridgehead atoms. The van der Waals surface area contributed by atoms with Gasteiger partial charge in [-0.1, -0.05) is 22.9 Å². The molecule has 1 aromatic heterocycles. The van der Waals surface area contributed by atoms with Crippen molar-refractivity contribution in [2.24, 2.45) is 0 Å². The largest absolute Gasteiger partial charge is 0.497 e. The molecule has 0 fully saturated rings. The molecule has 0 unspecified atom stereocenters. The molecule has 0 saturated carbocycles. The Morgan fingerprint density at radius 1 is 1.12 bits per heavy atom. The molecule has 1 amide bonds. The van der Waals surface area contributed by atoms with Crippen LogP contribution in [0.3, 0.4) is 0 Å². The zero-order valence-corrected chi connectivity index (χ0v) is 21.9. The first kappa shape index (κ1) is 27.3. The Bertz CT molecular complexity index is 1180. The molecule has 0 aliphatic carbocycles. The van der Waals surface area contributed by atoms with E-state index >= 15 is 0 Å². The quantitative estimate of drug-likeness (QED) is 0.382. The van der Waals surface area contributed by atoms with E-state index in [1.54, 1.807) is 12.0 Å². The minimum Gasteiger partial charge on any atom is -0.497 e. The Balaban J connectivity index is 0.00000385. The van der Waals surface area contributed by atoms with Gasteiger partial charge in [-0.25, -0.2) is 13.4 Å². The molecule has 3 rings (SSSR count). The monoisotopic (exact) mass is 531 g/mol. The fraction of sp³-hybridized carbons (Fsp3) is 0.364. The summed E-state index contributed by atoms with van der Waals surface area (Å²) in [5, 5.41) is 1.01. The van der Waals surface area contributed by atoms with Gasteiger partial charge in [0.1, 0.15) is 5.75 Å². The highest BCUT2D eigenvalue weighted by Gasteiger charge is 2.23. The molecule has 0 aliphatic rings. The van der Waals surface area contributed by atoms with E-state index in [2.05, 4.69) is 4.98 Å². The third kappa shape index (κ3) is 7.28. The van der Waals surface area contributed by atoms with Crippen molar-refractivity contribution in [3.63, 3.8) is 0 Å². The molecule has 0 aliphatic heterocycles. The maximum absolute atomic E-state index is 13.1. The summed E-state index contributed by atoms with van der Waals surface area (Å²) < 4.78 is 31.5. The van der Waals surface area contributed by atoms with Crippen LogP contribution in [0.5, 0.6) is 5.75 Å². The average molecular weight is 533 g/mol. The molecule has 180 valence electrons. The Hall–Kier alpha value is -1.91. The van der Waals surface area contributed by atoms with Gasteiger partial charge in [0, 0.05) is 18.0 Å². The third-order valence-electron chi connectivity index (χ3n) is 4.86. The molecule has 33 heavy (non-hydrogen) atoms. The average Bonchev–Trinajstić information content (AvgIpc) is 3.18. The van der Waals surface area contributed by atoms with Gasteiger partial charge < -0.3 is 9.64 Å². The number of halogens is 2. The van der Waals surface area contributed by atoms with Gasteiger partial charge in [0.2, 0.25) is 5.91 Å². The number of aromatic nitrogens is 1. The maximum atomic E-state index is 13.1. The van der Waals surface area contributed by atoms with E-state index in [0.29, 0.717) is 22.4 Å². The molecular formula is C22H27Cl2N3O4S2. The minimum atomic E-state index is -3.60. The Morgan fingerprint density at radius 3 is 2.45 bits per heavy atom. The lowest BCUT2D eigenvalue weighted by Crippen LogP contribution is -2.34. The van der Waals surface area contributed by atoms with E-state index in [4.69, 9.17) is 16.3 Å². The summed E-state index contributed by atoms with van der Waals surface area (Å²) in [7, 11) is 1.93. The van der Waals surface area contributed by atoms with Crippen LogP contribution in [0.1, 0.15) is 12.8 Å². The molecule has 0 atom stereocenters. The van der Waals surface area contributed by atoms with Gasteiger partial charge in [-0.3, -0.25) is 9.69 Å². The van der Waals surface area contributed by atoms with Crippen LogP contribution in [0.4, 0.5) is 5.13 Å². The lowest BCUT2D eigenvalue weighted by molar-refractivity contribution is -0.118. The fourth-order valence-corrected chi connectivity index (χ4v) is 5.52. The molecule has 1 heterocycles. The van der Waals surface area contributed by atoms with Crippen LogP contribution in [0.15, 0.2) is 47.4 Å². The summed E-state index contributed by atoms with van der Waals surface area (Å²) in [4.78, 5) is 21.5. The number of benzene rings is 2. The summed E-state index contributed by atoms with van der Waals surface area (Å²) in [5.74, 6) is 0.163. The summed E-state index contributed by atoms with van der Waals surface area (Å²) in [6, 6.07) is 11.5. The molecule has 2 aromatic carbocycles. The fourth-order valence-electron chi connectivity index (χ4n) is 3.12. The standard InChI is InChI=1S/C22H26ClN3O4S2.ClH/c1-25(2)12-4-13-26(22-24-19-10-7-17(30-3)15-20(19)31-22)21(27)11-14-32(28,29)18-8-5-16(23)6-9-18;/h5-10,15H,4,11-14H2,1-3H3;1H. The van der Waals surface area contributed by atoms with Crippen LogP contribution in [-0.2, 0) is 14.6 Å². The zero-order chi connectivity index (χ0) is 23.3. The van der Waals surface area contributed by atoms with E-state index in [1.807, 2.05) is 37.2 Å². The number of rotatable bonds is 10. The lowest BCUT2D eigenvalue weighted by atomic mass is 10.3. The van der Waals surface area contributed by atoms with Crippen molar-refractivity contribution in [3.05, 3.63) is 47.5 Å². The van der Waals surface area contributed by atoms with Crippen LogP contribution in [0, 0.1) is 0 Å². The maximum Gasteiger partial charge on any atom is 0.229 e. The van der Waals surface area contributed by atoms with E-state index in [0.717, 1.165) is 23.2 Å². The van der Waals surface area contributed by atoms with Gasteiger partial charge in [-0.2, -0.15) is 0 Å². The second-order valence-electron chi connectivity index (χ2n) is 7.56. The third-order valence-corrected chi connectivity index (χ3v) is 7.89. The molecule has 0 radical (unpaired) electrons. The molecule has 3 aromatic rings. The van der Waals surface area contributed by atoms with Gasteiger partial charge in [-0.05, 0) is 69.5 Å². The first-order chi connectivity index (χ1) is 15.2. The Kier molecular flexibility index (Phi) is 9.93. The number of thiazole rings is 1. The van der Waals surface area contributed by atoms with Crippen molar-refractivity contribution in [3.8, 4) is 5.75 Å². The number of amides is 1. The van der Waals surface area contributed by atoms with Crippen LogP contribution in [-0.4, -0.2) is 64.3 Å². The number of hydrogen-bond acceptors (Lipinski definition) is 7. The molecule has 0 N–H and O–H groups in total. The number of carbonyl (C=O) groups is 1. The number of hydrogen-bond donors (Lipinski definition) is 0. The van der Waals surface area contributed by atoms with Crippen LogP contribution in [0.2, 0.25) is 5.02 Å². The topological polar surface area (TPSA) is 79.8 Å². The highest BCUT2D eigenvalue weighted by atomic mass is 35.5. The summed E-state index contributed by atoms with van der Waals surface area (Å²) >= 11 is 7.24. The van der Waals surface area contributed by atoms with Crippen molar-refractivity contribution in [1.29, 1.82) is 0 Å². The number of nitrogens with zero attached hydrogens (tertiary/aromatic N) is 3. The summed E-state index contributed by atoms with van der Waals surface area (Å²) in [6.07, 6.45) is 0.605. The molecule has 11 heteroatoms. The number of anilines is 1. The normalized spacial score (nSPS) is 11.4. The van der Waals surface area contributed by atoms with Crippen molar-refractivity contribution < 1.29 is 17.9 Å². The smallest absolute Gasteiger partial charge is 0.229 e. The van der Waals surface area contributed by atoms with Crippen molar-refractivity contribution >= 4 is 66.4 Å². The number of methoxy groups -OCH3 is 1. The van der Waals surface area contributed by atoms with E-state index in [9.17, 15) is 13.2 Å². The summed E-state index contributed by atoms with van der Waals surface area (Å²) in [5.41, 5.74) is 0.769. The number of sulfone groups is 1. The SMILES string of the molecule is COc1ccc2nc(N(CCCN(C)C)C(=O)CCS(=O)(=O)c3ccc(Cl)cc3)sc2c1.Cl. The van der Waals surface area contributed by atoms with Gasteiger partial charge >= 0.3 is 0 Å². The number of carbonyl (C=O) groups excluding carboxylic acids is 1. The van der Waals surface area contributed by atoms with Crippen LogP contribution >= 0.6 is 35.3 Å². The predicted octanol–water partition coefficient (Wildman–Crippen LogP) is 4.53. The molecular weight excluding hydrogens is 505 g/mol. The van der Waals surface area contributed by atoms with Gasteiger partial charge in [0.05, 0.1) is 28.0 Å². The van der Waals surface area contributed by atoms with Gasteiger partial charge in [0.15, 0.2) is 15.0 Å². The van der Waals surface area contributed by atoms with Crippen molar-refractivity contribution in [2.45, 2.75) is 17.7 Å². The molecule has 0 saturated heterocycles. The Labute approximate surface area is 209 Å². The predicted molar refractivity (Wildman–Crippen MR) is 137 cm³/mol. The van der Waals surface area contributed by atoms with Crippen LogP contribution in [0.25, 0.3) is 10.2 Å². The highest BCUT2D eigenvalue weighted by Crippen LogP contribution is 2.32. The van der Waals surface area contributed by atoms with Crippen LogP contribution < -0.4 is 9.64 Å². The van der Waals surface area contributed by atoms with Gasteiger partial charge in [-0.15, -0.1) is 12.4 Å². The molecule has 7 nitrogen and oxygen atoms in total. The van der Waals surface area contributed by atoms with E-state index < -0.39 is 9.84 Å². The van der Waals surface area contributed by atoms with Gasteiger partial charge in [0.25, 0.3) is 0 Å². The van der Waals surface area contributed by atoms with E-state index in [-0.39, 0.29) is 35.4 Å². The minimum absolute atomic E-state index is 0. The summed E-state index contributed by atoms with van der Waals surface area (Å²) in [6.45, 7) is 1.25. The lowest BCUT2D eigenvalue weighted by Gasteiger charge is -2.21. The number of fused-ring (bicyclic) bond motifs is 1. The Morgan fingerprint density at radius 2 is 1.82 bits per heavy atom. The molecule has 0 spiro atoms. The van der Waals surface area contributed by atoms with E-state index in [1.165, 1.54) is 35.6 Å². The number of ether oxygens (including phenoxy) is 1. The first-order valence-corrected chi connectivity index (χ1v) is 12.9.